The van der Waals surface area contributed by atoms with Gasteiger partial charge in [0.25, 0.3) is 5.91 Å². The lowest BCUT2D eigenvalue weighted by Crippen LogP contribution is -2.25. The van der Waals surface area contributed by atoms with Crippen molar-refractivity contribution in [3.05, 3.63) is 51.2 Å². The molecule has 1 heterocycles. The minimum Gasteiger partial charge on any atom is -0.482 e. The normalized spacial score (nSPS) is 14.0. The van der Waals surface area contributed by atoms with Crippen LogP contribution < -0.4 is 10.1 Å². The van der Waals surface area contributed by atoms with Crippen LogP contribution >= 0.6 is 11.3 Å². The summed E-state index contributed by atoms with van der Waals surface area (Å²) in [6.07, 6.45) is 3.35. The average molecular weight is 345 g/mol. The Hall–Kier alpha value is -2.34. The molecule has 0 spiro atoms. The molecule has 1 unspecified atom stereocenters. The molecule has 6 heteroatoms. The first-order valence-electron chi connectivity index (χ1n) is 7.90. The second kappa shape index (κ2) is 7.05. The van der Waals surface area contributed by atoms with Crippen LogP contribution in [0.2, 0.25) is 0 Å². The Kier molecular flexibility index (Phi) is 4.85. The van der Waals surface area contributed by atoms with Gasteiger partial charge in [0, 0.05) is 4.88 Å². The quantitative estimate of drug-likeness (QED) is 0.843. The van der Waals surface area contributed by atoms with Crippen LogP contribution in [-0.4, -0.2) is 23.6 Å². The smallest absolute Gasteiger partial charge is 0.341 e. The van der Waals surface area contributed by atoms with Gasteiger partial charge in [-0.05, 0) is 55.5 Å². The van der Waals surface area contributed by atoms with E-state index >= 15 is 0 Å². The molecular weight excluding hydrogens is 326 g/mol. The third-order valence-corrected chi connectivity index (χ3v) is 5.30. The van der Waals surface area contributed by atoms with Crippen molar-refractivity contribution >= 4 is 23.2 Å². The van der Waals surface area contributed by atoms with Gasteiger partial charge in [0.1, 0.15) is 5.75 Å². The Morgan fingerprint density at radius 1 is 1.29 bits per heavy atom. The molecule has 0 radical (unpaired) electrons. The van der Waals surface area contributed by atoms with E-state index < -0.39 is 5.97 Å². The second-order valence-electron chi connectivity index (χ2n) is 5.86. The summed E-state index contributed by atoms with van der Waals surface area (Å²) in [6, 6.07) is 8.95. The molecule has 0 aliphatic heterocycles. The monoisotopic (exact) mass is 345 g/mol. The summed E-state index contributed by atoms with van der Waals surface area (Å²) in [5, 5.41) is 11.6. The average Bonchev–Trinajstić information content (AvgIpc) is 3.15. The summed E-state index contributed by atoms with van der Waals surface area (Å²) in [4.78, 5) is 25.0. The Balaban J connectivity index is 1.60. The SMILES string of the molecule is CC(NC(=O)c1cc2c(s1)CCC2)c1ccc(OCC(=O)O)cc1. The van der Waals surface area contributed by atoms with E-state index in [2.05, 4.69) is 5.32 Å². The lowest BCUT2D eigenvalue weighted by atomic mass is 10.1. The summed E-state index contributed by atoms with van der Waals surface area (Å²) in [5.74, 6) is -0.565. The first-order chi connectivity index (χ1) is 11.5. The summed E-state index contributed by atoms with van der Waals surface area (Å²) in [7, 11) is 0. The fourth-order valence-electron chi connectivity index (χ4n) is 2.79. The van der Waals surface area contributed by atoms with Gasteiger partial charge in [0.05, 0.1) is 10.9 Å². The van der Waals surface area contributed by atoms with Crippen molar-refractivity contribution in [2.24, 2.45) is 0 Å². The summed E-state index contributed by atoms with van der Waals surface area (Å²) in [6.45, 7) is 1.56. The fourth-order valence-corrected chi connectivity index (χ4v) is 3.95. The zero-order valence-electron chi connectivity index (χ0n) is 13.4. The van der Waals surface area contributed by atoms with Crippen LogP contribution in [0.1, 0.15) is 45.1 Å². The minimum absolute atomic E-state index is 0.0481. The van der Waals surface area contributed by atoms with E-state index in [1.165, 1.54) is 16.9 Å². The summed E-state index contributed by atoms with van der Waals surface area (Å²) >= 11 is 1.59. The van der Waals surface area contributed by atoms with Crippen LogP contribution in [0.15, 0.2) is 30.3 Å². The molecular formula is C18H19NO4S. The molecule has 2 N–H and O–H groups in total. The number of rotatable bonds is 6. The molecule has 1 aliphatic rings. The molecule has 5 nitrogen and oxygen atoms in total. The first-order valence-corrected chi connectivity index (χ1v) is 8.71. The van der Waals surface area contributed by atoms with E-state index in [-0.39, 0.29) is 18.6 Å². The van der Waals surface area contributed by atoms with E-state index in [1.54, 1.807) is 23.5 Å². The van der Waals surface area contributed by atoms with Crippen LogP contribution in [0.3, 0.4) is 0 Å². The maximum atomic E-state index is 12.4. The number of aryl methyl sites for hydroxylation is 2. The molecule has 2 aromatic rings. The number of carboxylic acid groups (broad SMARTS) is 1. The Labute approximate surface area is 144 Å². The molecule has 1 aromatic heterocycles. The standard InChI is InChI=1S/C18H19NO4S/c1-11(12-5-7-14(8-6-12)23-10-17(20)21)19-18(22)16-9-13-3-2-4-15(13)24-16/h5-9,11H,2-4,10H2,1H3,(H,19,22)(H,20,21). The van der Waals surface area contributed by atoms with Crippen molar-refractivity contribution in [1.82, 2.24) is 5.32 Å². The number of hydrogen-bond acceptors (Lipinski definition) is 4. The van der Waals surface area contributed by atoms with Crippen molar-refractivity contribution in [3.63, 3.8) is 0 Å². The lowest BCUT2D eigenvalue weighted by Gasteiger charge is -2.14. The number of benzene rings is 1. The number of fused-ring (bicyclic) bond motifs is 1. The van der Waals surface area contributed by atoms with E-state index in [4.69, 9.17) is 9.84 Å². The van der Waals surface area contributed by atoms with Crippen LogP contribution in [-0.2, 0) is 17.6 Å². The van der Waals surface area contributed by atoms with Gasteiger partial charge in [-0.1, -0.05) is 12.1 Å². The van der Waals surface area contributed by atoms with Gasteiger partial charge in [-0.15, -0.1) is 11.3 Å². The highest BCUT2D eigenvalue weighted by Gasteiger charge is 2.19. The van der Waals surface area contributed by atoms with Crippen LogP contribution in [0.5, 0.6) is 5.75 Å². The molecule has 24 heavy (non-hydrogen) atoms. The number of carbonyl (C=O) groups is 2. The second-order valence-corrected chi connectivity index (χ2v) is 7.00. The molecule has 1 atom stereocenters. The zero-order chi connectivity index (χ0) is 17.1. The van der Waals surface area contributed by atoms with E-state index in [1.807, 2.05) is 25.1 Å². The summed E-state index contributed by atoms with van der Waals surface area (Å²) < 4.78 is 5.10. The number of ether oxygens (including phenoxy) is 1. The van der Waals surface area contributed by atoms with Gasteiger partial charge in [-0.3, -0.25) is 4.79 Å². The van der Waals surface area contributed by atoms with Gasteiger partial charge in [0.2, 0.25) is 0 Å². The predicted molar refractivity (Wildman–Crippen MR) is 91.8 cm³/mol. The van der Waals surface area contributed by atoms with Crippen LogP contribution in [0.4, 0.5) is 0 Å². The Morgan fingerprint density at radius 3 is 2.71 bits per heavy atom. The number of nitrogens with one attached hydrogen (secondary N) is 1. The highest BCUT2D eigenvalue weighted by atomic mass is 32.1. The third-order valence-electron chi connectivity index (χ3n) is 4.06. The molecule has 126 valence electrons. The molecule has 0 bridgehead atoms. The minimum atomic E-state index is -1.01. The Bertz CT molecular complexity index is 729. The van der Waals surface area contributed by atoms with E-state index in [9.17, 15) is 9.59 Å². The number of carboxylic acids is 1. The first kappa shape index (κ1) is 16.5. The largest absolute Gasteiger partial charge is 0.482 e. The topological polar surface area (TPSA) is 75.6 Å². The Morgan fingerprint density at radius 2 is 2.04 bits per heavy atom. The van der Waals surface area contributed by atoms with E-state index in [0.29, 0.717) is 5.75 Å². The predicted octanol–water partition coefficient (Wildman–Crippen LogP) is 3.19. The molecule has 0 saturated heterocycles. The van der Waals surface area contributed by atoms with Gasteiger partial charge in [-0.2, -0.15) is 0 Å². The highest BCUT2D eigenvalue weighted by Crippen LogP contribution is 2.30. The van der Waals surface area contributed by atoms with Crippen molar-refractivity contribution in [3.8, 4) is 5.75 Å². The molecule has 1 amide bonds. The molecule has 1 aromatic carbocycles. The molecule has 1 aliphatic carbocycles. The van der Waals surface area contributed by atoms with Crippen LogP contribution in [0, 0.1) is 0 Å². The zero-order valence-corrected chi connectivity index (χ0v) is 14.2. The number of carbonyl (C=O) groups excluding carboxylic acids is 1. The van der Waals surface area contributed by atoms with Gasteiger partial charge in [-0.25, -0.2) is 4.79 Å². The maximum absolute atomic E-state index is 12.4. The van der Waals surface area contributed by atoms with Crippen molar-refractivity contribution in [1.29, 1.82) is 0 Å². The maximum Gasteiger partial charge on any atom is 0.341 e. The van der Waals surface area contributed by atoms with Crippen LogP contribution in [0.25, 0.3) is 0 Å². The number of amides is 1. The van der Waals surface area contributed by atoms with Gasteiger partial charge >= 0.3 is 5.97 Å². The molecule has 0 fully saturated rings. The number of thiophene rings is 1. The van der Waals surface area contributed by atoms with Crippen molar-refractivity contribution < 1.29 is 19.4 Å². The lowest BCUT2D eigenvalue weighted by molar-refractivity contribution is -0.139. The van der Waals surface area contributed by atoms with Crippen molar-refractivity contribution in [2.45, 2.75) is 32.2 Å². The molecule has 3 rings (SSSR count). The third kappa shape index (κ3) is 3.76. The molecule has 0 saturated carbocycles. The number of aliphatic carboxylic acids is 1. The van der Waals surface area contributed by atoms with Gasteiger partial charge < -0.3 is 15.2 Å². The van der Waals surface area contributed by atoms with Gasteiger partial charge in [0.15, 0.2) is 6.61 Å². The summed E-state index contributed by atoms with van der Waals surface area (Å²) in [5.41, 5.74) is 2.26. The highest BCUT2D eigenvalue weighted by molar-refractivity contribution is 7.14. The fraction of sp³-hybridized carbons (Fsp3) is 0.333. The number of hydrogen-bond donors (Lipinski definition) is 2. The van der Waals surface area contributed by atoms with Crippen molar-refractivity contribution in [2.75, 3.05) is 6.61 Å². The van der Waals surface area contributed by atoms with E-state index in [0.717, 1.165) is 23.3 Å².